The Bertz CT molecular complexity index is 517. The summed E-state index contributed by atoms with van der Waals surface area (Å²) >= 11 is 0. The second-order valence-corrected chi connectivity index (χ2v) is 6.09. The van der Waals surface area contributed by atoms with Crippen LogP contribution in [0.2, 0.25) is 0 Å². The number of aryl methyl sites for hydroxylation is 1. The summed E-state index contributed by atoms with van der Waals surface area (Å²) in [6, 6.07) is 7.55. The van der Waals surface area contributed by atoms with E-state index >= 15 is 0 Å². The Morgan fingerprint density at radius 3 is 2.43 bits per heavy atom. The summed E-state index contributed by atoms with van der Waals surface area (Å²) in [4.78, 5) is 23.9. The number of carboxylic acid groups (broad SMARTS) is 1. The molecule has 4 nitrogen and oxygen atoms in total. The van der Waals surface area contributed by atoms with Gasteiger partial charge in [-0.3, -0.25) is 9.59 Å². The zero-order chi connectivity index (χ0) is 15.3. The van der Waals surface area contributed by atoms with Crippen molar-refractivity contribution in [2.45, 2.75) is 51.9 Å². The van der Waals surface area contributed by atoms with Crippen molar-refractivity contribution < 1.29 is 14.7 Å². The van der Waals surface area contributed by atoms with Gasteiger partial charge < -0.3 is 10.4 Å². The molecule has 1 aliphatic rings. The molecule has 1 saturated carbocycles. The van der Waals surface area contributed by atoms with Gasteiger partial charge in [0.25, 0.3) is 0 Å². The normalized spacial score (nSPS) is 17.8. The van der Waals surface area contributed by atoms with Crippen LogP contribution in [0.1, 0.15) is 50.5 Å². The Kier molecular flexibility index (Phi) is 4.99. The van der Waals surface area contributed by atoms with Crippen molar-refractivity contribution in [3.63, 3.8) is 0 Å². The molecule has 1 aromatic rings. The van der Waals surface area contributed by atoms with E-state index in [0.29, 0.717) is 12.8 Å². The molecule has 0 aromatic heterocycles. The Balaban J connectivity index is 2.06. The van der Waals surface area contributed by atoms with Gasteiger partial charge in [-0.2, -0.15) is 0 Å². The summed E-state index contributed by atoms with van der Waals surface area (Å²) in [7, 11) is 0. The summed E-state index contributed by atoms with van der Waals surface area (Å²) in [6.45, 7) is 1.96. The number of amides is 1. The predicted octanol–water partition coefficient (Wildman–Crippen LogP) is 3.75. The molecule has 2 N–H and O–H groups in total. The summed E-state index contributed by atoms with van der Waals surface area (Å²) < 4.78 is 0. The van der Waals surface area contributed by atoms with E-state index in [2.05, 4.69) is 5.32 Å². The molecule has 0 saturated heterocycles. The molecule has 0 bridgehead atoms. The second kappa shape index (κ2) is 6.74. The van der Waals surface area contributed by atoms with Crippen molar-refractivity contribution in [2.75, 3.05) is 5.32 Å². The topological polar surface area (TPSA) is 66.4 Å². The molecule has 1 fully saturated rings. The van der Waals surface area contributed by atoms with E-state index in [-0.39, 0.29) is 12.3 Å². The molecule has 114 valence electrons. The lowest BCUT2D eigenvalue weighted by atomic mass is 9.77. The molecule has 4 heteroatoms. The Hall–Kier alpha value is -1.84. The van der Waals surface area contributed by atoms with E-state index in [0.717, 1.165) is 36.9 Å². The number of anilines is 1. The van der Waals surface area contributed by atoms with Gasteiger partial charge in [0.05, 0.1) is 5.41 Å². The third kappa shape index (κ3) is 4.06. The molecule has 21 heavy (non-hydrogen) atoms. The molecular formula is C17H23NO3. The highest BCUT2D eigenvalue weighted by atomic mass is 16.4. The fourth-order valence-electron chi connectivity index (χ4n) is 3.11. The molecule has 1 aliphatic carbocycles. The lowest BCUT2D eigenvalue weighted by molar-refractivity contribution is -0.152. The van der Waals surface area contributed by atoms with Crippen LogP contribution in [0.3, 0.4) is 0 Å². The number of carbonyl (C=O) groups excluding carboxylic acids is 1. The van der Waals surface area contributed by atoms with Gasteiger partial charge in [-0.05, 0) is 37.5 Å². The van der Waals surface area contributed by atoms with Crippen LogP contribution in [-0.2, 0) is 9.59 Å². The zero-order valence-corrected chi connectivity index (χ0v) is 12.5. The molecule has 0 spiro atoms. The minimum absolute atomic E-state index is 0.0657. The van der Waals surface area contributed by atoms with Crippen molar-refractivity contribution in [3.05, 3.63) is 29.8 Å². The maximum atomic E-state index is 12.2. The molecule has 0 aliphatic heterocycles. The number of carbonyl (C=O) groups is 2. The number of hydrogen-bond donors (Lipinski definition) is 2. The molecule has 0 atom stereocenters. The number of rotatable bonds is 4. The Morgan fingerprint density at radius 1 is 1.19 bits per heavy atom. The van der Waals surface area contributed by atoms with Crippen molar-refractivity contribution >= 4 is 17.6 Å². The first kappa shape index (κ1) is 15.5. The summed E-state index contributed by atoms with van der Waals surface area (Å²) in [5.41, 5.74) is 0.911. The fraction of sp³-hybridized carbons (Fsp3) is 0.529. The quantitative estimate of drug-likeness (QED) is 0.830. The van der Waals surface area contributed by atoms with Crippen molar-refractivity contribution in [1.82, 2.24) is 0 Å². The van der Waals surface area contributed by atoms with Crippen molar-refractivity contribution in [2.24, 2.45) is 5.41 Å². The van der Waals surface area contributed by atoms with E-state index in [1.165, 1.54) is 0 Å². The SMILES string of the molecule is Cc1cccc(NC(=O)CC2(C(=O)O)CCCCCC2)c1. The van der Waals surface area contributed by atoms with Gasteiger partial charge >= 0.3 is 5.97 Å². The minimum atomic E-state index is -0.885. The molecule has 0 unspecified atom stereocenters. The molecule has 0 heterocycles. The van der Waals surface area contributed by atoms with Crippen LogP contribution in [0.4, 0.5) is 5.69 Å². The highest BCUT2D eigenvalue weighted by Crippen LogP contribution is 2.38. The van der Waals surface area contributed by atoms with Gasteiger partial charge in [0.1, 0.15) is 0 Å². The lowest BCUT2D eigenvalue weighted by Gasteiger charge is -2.27. The van der Waals surface area contributed by atoms with Gasteiger partial charge in [-0.1, -0.05) is 37.8 Å². The summed E-state index contributed by atoms with van der Waals surface area (Å²) in [6.07, 6.45) is 5.18. The van der Waals surface area contributed by atoms with Crippen molar-refractivity contribution in [1.29, 1.82) is 0 Å². The first-order valence-corrected chi connectivity index (χ1v) is 7.62. The van der Waals surface area contributed by atoms with Crippen LogP contribution < -0.4 is 5.32 Å². The Morgan fingerprint density at radius 2 is 1.86 bits per heavy atom. The van der Waals surface area contributed by atoms with E-state index < -0.39 is 11.4 Å². The summed E-state index contributed by atoms with van der Waals surface area (Å²) in [5.74, 6) is -1.03. The number of carboxylic acids is 1. The standard InChI is InChI=1S/C17H23NO3/c1-13-7-6-8-14(11-13)18-15(19)12-17(16(20)21)9-4-2-3-5-10-17/h6-8,11H,2-5,9-10,12H2,1H3,(H,18,19)(H,20,21). The van der Waals surface area contributed by atoms with Crippen LogP contribution in [0, 0.1) is 12.3 Å². The summed E-state index contributed by atoms with van der Waals surface area (Å²) in [5, 5.41) is 12.4. The number of benzene rings is 1. The van der Waals surface area contributed by atoms with Gasteiger partial charge in [-0.25, -0.2) is 0 Å². The zero-order valence-electron chi connectivity index (χ0n) is 12.5. The van der Waals surface area contributed by atoms with E-state index in [4.69, 9.17) is 0 Å². The fourth-order valence-corrected chi connectivity index (χ4v) is 3.11. The third-order valence-corrected chi connectivity index (χ3v) is 4.32. The highest BCUT2D eigenvalue weighted by molar-refractivity contribution is 5.94. The van der Waals surface area contributed by atoms with Crippen LogP contribution in [-0.4, -0.2) is 17.0 Å². The molecule has 1 amide bonds. The van der Waals surface area contributed by atoms with E-state index in [1.807, 2.05) is 31.2 Å². The van der Waals surface area contributed by atoms with Crippen LogP contribution in [0.15, 0.2) is 24.3 Å². The highest BCUT2D eigenvalue weighted by Gasteiger charge is 2.40. The Labute approximate surface area is 125 Å². The van der Waals surface area contributed by atoms with Gasteiger partial charge in [-0.15, -0.1) is 0 Å². The molecule has 2 rings (SSSR count). The number of nitrogens with one attached hydrogen (secondary N) is 1. The van der Waals surface area contributed by atoms with Gasteiger partial charge in [0.2, 0.25) is 5.91 Å². The van der Waals surface area contributed by atoms with Crippen LogP contribution in [0.5, 0.6) is 0 Å². The largest absolute Gasteiger partial charge is 0.481 e. The number of aliphatic carboxylic acids is 1. The molecule has 1 aromatic carbocycles. The molecular weight excluding hydrogens is 266 g/mol. The smallest absolute Gasteiger partial charge is 0.310 e. The van der Waals surface area contributed by atoms with Crippen molar-refractivity contribution in [3.8, 4) is 0 Å². The maximum absolute atomic E-state index is 12.2. The van der Waals surface area contributed by atoms with Gasteiger partial charge in [0.15, 0.2) is 0 Å². The average molecular weight is 289 g/mol. The monoisotopic (exact) mass is 289 g/mol. The maximum Gasteiger partial charge on any atom is 0.310 e. The molecule has 0 radical (unpaired) electrons. The predicted molar refractivity (Wildman–Crippen MR) is 82.2 cm³/mol. The first-order valence-electron chi connectivity index (χ1n) is 7.62. The lowest BCUT2D eigenvalue weighted by Crippen LogP contribution is -2.35. The minimum Gasteiger partial charge on any atom is -0.481 e. The van der Waals surface area contributed by atoms with E-state index in [1.54, 1.807) is 0 Å². The van der Waals surface area contributed by atoms with Gasteiger partial charge in [0, 0.05) is 12.1 Å². The van der Waals surface area contributed by atoms with E-state index in [9.17, 15) is 14.7 Å². The third-order valence-electron chi connectivity index (χ3n) is 4.32. The first-order chi connectivity index (χ1) is 10.0. The number of hydrogen-bond acceptors (Lipinski definition) is 2. The second-order valence-electron chi connectivity index (χ2n) is 6.09. The van der Waals surface area contributed by atoms with Crippen LogP contribution in [0.25, 0.3) is 0 Å². The van der Waals surface area contributed by atoms with Crippen LogP contribution >= 0.6 is 0 Å². The average Bonchev–Trinajstić information content (AvgIpc) is 2.65.